The van der Waals surface area contributed by atoms with Crippen molar-refractivity contribution in [3.05, 3.63) is 89.8 Å². The molecule has 1 saturated carbocycles. The van der Waals surface area contributed by atoms with Gasteiger partial charge in [0.1, 0.15) is 0 Å². The zero-order valence-electron chi connectivity index (χ0n) is 17.0. The molecule has 1 aliphatic rings. The van der Waals surface area contributed by atoms with Gasteiger partial charge in [-0.05, 0) is 67.2 Å². The first-order valence-electron chi connectivity index (χ1n) is 10.4. The van der Waals surface area contributed by atoms with E-state index in [1.807, 2.05) is 6.07 Å². The maximum Gasteiger partial charge on any atom is 0.256 e. The van der Waals surface area contributed by atoms with Gasteiger partial charge in [0.05, 0.1) is 5.92 Å². The standard InChI is InChI=1S/C25H27F4N/c1-3-5-7-17-9-14-22(30-16-17)21-13-11-19(15-25(21,28)29)20-12-10-18(8-6-4-2)23(26)24(20)27/h3-4,9-10,12,14,16,19,21H,1-2,5-8,11,13,15H2. The van der Waals surface area contributed by atoms with Crippen LogP contribution in [0.1, 0.15) is 66.3 Å². The van der Waals surface area contributed by atoms with E-state index in [1.54, 1.807) is 24.4 Å². The Morgan fingerprint density at radius 2 is 1.70 bits per heavy atom. The van der Waals surface area contributed by atoms with Gasteiger partial charge < -0.3 is 0 Å². The fourth-order valence-corrected chi connectivity index (χ4v) is 4.21. The molecule has 0 aliphatic heterocycles. The molecular formula is C25H27F4N. The lowest BCUT2D eigenvalue weighted by Gasteiger charge is -2.36. The van der Waals surface area contributed by atoms with Crippen LogP contribution in [0.15, 0.2) is 55.8 Å². The van der Waals surface area contributed by atoms with Gasteiger partial charge in [-0.2, -0.15) is 0 Å². The number of rotatable bonds is 8. The number of aromatic nitrogens is 1. The van der Waals surface area contributed by atoms with E-state index < -0.39 is 35.8 Å². The highest BCUT2D eigenvalue weighted by molar-refractivity contribution is 5.31. The average Bonchev–Trinajstić information content (AvgIpc) is 2.73. The first-order chi connectivity index (χ1) is 14.4. The minimum Gasteiger partial charge on any atom is -0.260 e. The fourth-order valence-electron chi connectivity index (χ4n) is 4.21. The summed E-state index contributed by atoms with van der Waals surface area (Å²) in [6, 6.07) is 6.45. The van der Waals surface area contributed by atoms with Crippen molar-refractivity contribution in [3.63, 3.8) is 0 Å². The van der Waals surface area contributed by atoms with E-state index in [-0.39, 0.29) is 17.5 Å². The molecule has 160 valence electrons. The van der Waals surface area contributed by atoms with Crippen LogP contribution in [0.3, 0.4) is 0 Å². The normalized spacial score (nSPS) is 20.7. The highest BCUT2D eigenvalue weighted by atomic mass is 19.3. The monoisotopic (exact) mass is 417 g/mol. The Morgan fingerprint density at radius 3 is 2.33 bits per heavy atom. The molecule has 1 fully saturated rings. The minimum absolute atomic E-state index is 0.0423. The zero-order chi connectivity index (χ0) is 21.7. The molecule has 30 heavy (non-hydrogen) atoms. The zero-order valence-corrected chi connectivity index (χ0v) is 17.0. The van der Waals surface area contributed by atoms with Crippen LogP contribution in [0.25, 0.3) is 0 Å². The molecule has 0 amide bonds. The Morgan fingerprint density at radius 1 is 0.967 bits per heavy atom. The third-order valence-electron chi connectivity index (χ3n) is 5.92. The molecule has 2 unspecified atom stereocenters. The molecule has 0 radical (unpaired) electrons. The number of nitrogens with zero attached hydrogens (tertiary/aromatic N) is 1. The average molecular weight is 417 g/mol. The quantitative estimate of drug-likeness (QED) is 0.325. The summed E-state index contributed by atoms with van der Waals surface area (Å²) in [6.45, 7) is 7.25. The van der Waals surface area contributed by atoms with Gasteiger partial charge >= 0.3 is 0 Å². The second kappa shape index (κ2) is 9.59. The van der Waals surface area contributed by atoms with Crippen LogP contribution in [0.2, 0.25) is 0 Å². The van der Waals surface area contributed by atoms with Gasteiger partial charge in [0.2, 0.25) is 0 Å². The van der Waals surface area contributed by atoms with Crippen LogP contribution in [0.4, 0.5) is 17.6 Å². The van der Waals surface area contributed by atoms with E-state index >= 15 is 0 Å². The molecule has 5 heteroatoms. The lowest BCUT2D eigenvalue weighted by Crippen LogP contribution is -2.34. The first kappa shape index (κ1) is 22.3. The summed E-state index contributed by atoms with van der Waals surface area (Å²) >= 11 is 0. The first-order valence-corrected chi connectivity index (χ1v) is 10.4. The van der Waals surface area contributed by atoms with Crippen LogP contribution >= 0.6 is 0 Å². The highest BCUT2D eigenvalue weighted by Crippen LogP contribution is 2.50. The molecule has 0 spiro atoms. The molecule has 0 N–H and O–H groups in total. The number of allylic oxidation sites excluding steroid dienone is 2. The SMILES string of the molecule is C=CCCc1ccc(C2CCC(c3ccc(CCC=C)c(F)c3F)CC2(F)F)nc1. The minimum atomic E-state index is -3.04. The molecule has 2 aromatic rings. The number of benzene rings is 1. The number of alkyl halides is 2. The fraction of sp³-hybridized carbons (Fsp3) is 0.400. The van der Waals surface area contributed by atoms with E-state index in [0.717, 1.165) is 18.4 Å². The number of halogens is 4. The van der Waals surface area contributed by atoms with Gasteiger partial charge in [-0.1, -0.05) is 30.4 Å². The van der Waals surface area contributed by atoms with Crippen molar-refractivity contribution in [2.24, 2.45) is 0 Å². The van der Waals surface area contributed by atoms with Crippen LogP contribution in [0.5, 0.6) is 0 Å². The predicted octanol–water partition coefficient (Wildman–Crippen LogP) is 7.28. The summed E-state index contributed by atoms with van der Waals surface area (Å²) in [4.78, 5) is 4.26. The Labute approximate surface area is 175 Å². The summed E-state index contributed by atoms with van der Waals surface area (Å²) in [5, 5.41) is 0. The largest absolute Gasteiger partial charge is 0.260 e. The van der Waals surface area contributed by atoms with E-state index in [1.165, 1.54) is 12.1 Å². The van der Waals surface area contributed by atoms with Crippen molar-refractivity contribution >= 4 is 0 Å². The van der Waals surface area contributed by atoms with Gasteiger partial charge in [0, 0.05) is 18.3 Å². The van der Waals surface area contributed by atoms with Crippen molar-refractivity contribution < 1.29 is 17.6 Å². The van der Waals surface area contributed by atoms with Gasteiger partial charge in [0.15, 0.2) is 11.6 Å². The van der Waals surface area contributed by atoms with Crippen molar-refractivity contribution in [1.29, 1.82) is 0 Å². The summed E-state index contributed by atoms with van der Waals surface area (Å²) in [7, 11) is 0. The lowest BCUT2D eigenvalue weighted by molar-refractivity contribution is -0.0629. The van der Waals surface area contributed by atoms with Gasteiger partial charge in [-0.3, -0.25) is 4.98 Å². The maximum atomic E-state index is 15.0. The highest BCUT2D eigenvalue weighted by Gasteiger charge is 2.47. The number of hydrogen-bond acceptors (Lipinski definition) is 1. The third-order valence-corrected chi connectivity index (χ3v) is 5.92. The molecule has 1 heterocycles. The molecule has 2 atom stereocenters. The summed E-state index contributed by atoms with van der Waals surface area (Å²) < 4.78 is 59.0. The van der Waals surface area contributed by atoms with Crippen LogP contribution in [0, 0.1) is 11.6 Å². The van der Waals surface area contributed by atoms with Crippen LogP contribution in [-0.4, -0.2) is 10.9 Å². The molecule has 1 nitrogen and oxygen atoms in total. The topological polar surface area (TPSA) is 12.9 Å². The van der Waals surface area contributed by atoms with Gasteiger partial charge in [0.25, 0.3) is 5.92 Å². The third kappa shape index (κ3) is 4.82. The molecule has 0 saturated heterocycles. The molecule has 1 aliphatic carbocycles. The smallest absolute Gasteiger partial charge is 0.256 e. The van der Waals surface area contributed by atoms with Crippen molar-refractivity contribution in [3.8, 4) is 0 Å². The maximum absolute atomic E-state index is 15.0. The summed E-state index contributed by atoms with van der Waals surface area (Å²) in [6.07, 6.45) is 7.54. The molecule has 0 bridgehead atoms. The second-order valence-corrected chi connectivity index (χ2v) is 7.98. The van der Waals surface area contributed by atoms with Gasteiger partial charge in [-0.15, -0.1) is 13.2 Å². The van der Waals surface area contributed by atoms with Crippen molar-refractivity contribution in [2.75, 3.05) is 0 Å². The van der Waals surface area contributed by atoms with E-state index in [2.05, 4.69) is 18.1 Å². The Kier molecular flexibility index (Phi) is 7.11. The second-order valence-electron chi connectivity index (χ2n) is 7.98. The van der Waals surface area contributed by atoms with Crippen LogP contribution in [-0.2, 0) is 12.8 Å². The molecule has 1 aromatic carbocycles. The number of pyridine rings is 1. The molecule has 1 aromatic heterocycles. The van der Waals surface area contributed by atoms with Gasteiger partial charge in [-0.25, -0.2) is 17.6 Å². The predicted molar refractivity (Wildman–Crippen MR) is 112 cm³/mol. The molecular weight excluding hydrogens is 390 g/mol. The number of aryl methyl sites for hydroxylation is 2. The van der Waals surface area contributed by atoms with Crippen LogP contribution < -0.4 is 0 Å². The van der Waals surface area contributed by atoms with Crippen molar-refractivity contribution in [2.45, 2.75) is 62.7 Å². The summed E-state index contributed by atoms with van der Waals surface area (Å²) in [5.74, 6) is -6.70. The van der Waals surface area contributed by atoms with E-state index in [9.17, 15) is 17.6 Å². The van der Waals surface area contributed by atoms with E-state index in [4.69, 9.17) is 0 Å². The van der Waals surface area contributed by atoms with Crippen molar-refractivity contribution in [1.82, 2.24) is 4.98 Å². The number of hydrogen-bond donors (Lipinski definition) is 0. The lowest BCUT2D eigenvalue weighted by atomic mass is 9.74. The summed E-state index contributed by atoms with van der Waals surface area (Å²) in [5.41, 5.74) is 1.62. The Bertz CT molecular complexity index is 889. The Balaban J connectivity index is 1.75. The Hall–Kier alpha value is -2.43. The van der Waals surface area contributed by atoms with E-state index in [0.29, 0.717) is 25.0 Å². The molecule has 3 rings (SSSR count).